The second kappa shape index (κ2) is 7.76. The van der Waals surface area contributed by atoms with Gasteiger partial charge >= 0.3 is 12.1 Å². The maximum absolute atomic E-state index is 12.6. The van der Waals surface area contributed by atoms with Crippen molar-refractivity contribution in [1.82, 2.24) is 5.32 Å². The first-order valence-corrected chi connectivity index (χ1v) is 10.5. The van der Waals surface area contributed by atoms with Gasteiger partial charge in [-0.15, -0.1) is 0 Å². The molecule has 2 atom stereocenters. The number of carbonyl (C=O) groups excluding carboxylic acids is 1. The average Bonchev–Trinajstić information content (AvgIpc) is 3.06. The quantitative estimate of drug-likeness (QED) is 0.808. The fraction of sp³-hybridized carbons (Fsp3) is 0.417. The number of amides is 1. The minimum Gasteiger partial charge on any atom is -0.481 e. The van der Waals surface area contributed by atoms with Gasteiger partial charge in [-0.3, -0.25) is 4.79 Å². The van der Waals surface area contributed by atoms with Gasteiger partial charge in [0.1, 0.15) is 6.61 Å². The third-order valence-electron chi connectivity index (χ3n) is 6.83. The Morgan fingerprint density at radius 3 is 2.10 bits per heavy atom. The van der Waals surface area contributed by atoms with E-state index in [1.54, 1.807) is 0 Å². The summed E-state index contributed by atoms with van der Waals surface area (Å²) in [6.45, 7) is 1.24. The van der Waals surface area contributed by atoms with Crippen LogP contribution in [0.5, 0.6) is 0 Å². The lowest BCUT2D eigenvalue weighted by molar-refractivity contribution is -0.147. The zero-order valence-electron chi connectivity index (χ0n) is 16.6. The summed E-state index contributed by atoms with van der Waals surface area (Å²) in [5.74, 6) is -1.07. The van der Waals surface area contributed by atoms with Crippen molar-refractivity contribution in [3.8, 4) is 11.1 Å². The fourth-order valence-electron chi connectivity index (χ4n) is 5.43. The molecule has 3 aliphatic rings. The predicted octanol–water partition coefficient (Wildman–Crippen LogP) is 3.65. The second-order valence-corrected chi connectivity index (χ2v) is 8.56. The van der Waals surface area contributed by atoms with E-state index in [0.29, 0.717) is 26.1 Å². The number of carboxylic acids is 1. The Kier molecular flexibility index (Phi) is 4.95. The third kappa shape index (κ3) is 3.35. The van der Waals surface area contributed by atoms with Crippen LogP contribution in [0.1, 0.15) is 29.9 Å². The maximum atomic E-state index is 12.6. The molecule has 0 aromatic heterocycles. The van der Waals surface area contributed by atoms with Crippen molar-refractivity contribution >= 4 is 12.1 Å². The number of rotatable bonds is 4. The van der Waals surface area contributed by atoms with Crippen LogP contribution < -0.4 is 5.32 Å². The first-order valence-electron chi connectivity index (χ1n) is 10.5. The molecule has 2 aliphatic carbocycles. The standard InChI is InChI=1S/C24H25NO5/c26-23(27)14-9-15-11-29-12-16(10-14)22(15)25-24(28)30-13-21-19-7-3-1-5-17(19)18-6-2-4-8-20(18)21/h1-8,14-16,21-22H,9-13H2,(H,25,28)(H,26,27). The molecule has 2 bridgehead atoms. The molecule has 1 saturated heterocycles. The number of alkyl carbamates (subject to hydrolysis) is 1. The zero-order valence-corrected chi connectivity index (χ0v) is 16.6. The summed E-state index contributed by atoms with van der Waals surface area (Å²) < 4.78 is 11.3. The molecule has 0 spiro atoms. The molecule has 2 aromatic rings. The summed E-state index contributed by atoms with van der Waals surface area (Å²) in [5.41, 5.74) is 4.75. The molecule has 1 heterocycles. The fourth-order valence-corrected chi connectivity index (χ4v) is 5.43. The smallest absolute Gasteiger partial charge is 0.407 e. The van der Waals surface area contributed by atoms with Gasteiger partial charge in [-0.1, -0.05) is 48.5 Å². The van der Waals surface area contributed by atoms with Gasteiger partial charge in [-0.25, -0.2) is 4.79 Å². The lowest BCUT2D eigenvalue weighted by Crippen LogP contribution is -2.55. The molecule has 2 fully saturated rings. The van der Waals surface area contributed by atoms with Crippen LogP contribution in [-0.2, 0) is 14.3 Å². The van der Waals surface area contributed by atoms with E-state index in [-0.39, 0.29) is 36.3 Å². The molecule has 1 aliphatic heterocycles. The minimum atomic E-state index is -0.758. The Morgan fingerprint density at radius 1 is 0.967 bits per heavy atom. The highest BCUT2D eigenvalue weighted by Gasteiger charge is 2.44. The number of hydrogen-bond acceptors (Lipinski definition) is 4. The van der Waals surface area contributed by atoms with Gasteiger partial charge in [0.05, 0.1) is 19.1 Å². The Balaban J connectivity index is 1.26. The first-order chi connectivity index (χ1) is 14.6. The van der Waals surface area contributed by atoms with Gasteiger partial charge < -0.3 is 19.9 Å². The van der Waals surface area contributed by atoms with Crippen LogP contribution >= 0.6 is 0 Å². The summed E-state index contributed by atoms with van der Waals surface area (Å²) in [5, 5.41) is 12.4. The number of hydrogen-bond donors (Lipinski definition) is 2. The predicted molar refractivity (Wildman–Crippen MR) is 110 cm³/mol. The van der Waals surface area contributed by atoms with Crippen molar-refractivity contribution < 1.29 is 24.2 Å². The summed E-state index contributed by atoms with van der Waals surface area (Å²) in [6.07, 6.45) is 0.618. The number of benzene rings is 2. The molecule has 2 unspecified atom stereocenters. The van der Waals surface area contributed by atoms with Crippen molar-refractivity contribution in [2.45, 2.75) is 24.8 Å². The van der Waals surface area contributed by atoms with Crippen LogP contribution in [0.3, 0.4) is 0 Å². The van der Waals surface area contributed by atoms with E-state index in [0.717, 1.165) is 0 Å². The van der Waals surface area contributed by atoms with Crippen LogP contribution in [0.25, 0.3) is 11.1 Å². The van der Waals surface area contributed by atoms with Crippen molar-refractivity contribution in [3.63, 3.8) is 0 Å². The summed E-state index contributed by atoms with van der Waals surface area (Å²) in [7, 11) is 0. The number of ether oxygens (including phenoxy) is 2. The molecule has 156 valence electrons. The number of aliphatic carboxylic acids is 1. The van der Waals surface area contributed by atoms with Gasteiger partial charge in [0.25, 0.3) is 0 Å². The Labute approximate surface area is 175 Å². The van der Waals surface area contributed by atoms with E-state index in [4.69, 9.17) is 9.47 Å². The summed E-state index contributed by atoms with van der Waals surface area (Å²) >= 11 is 0. The normalized spacial score (nSPS) is 27.1. The van der Waals surface area contributed by atoms with Gasteiger partial charge in [0.2, 0.25) is 0 Å². The van der Waals surface area contributed by atoms with E-state index < -0.39 is 12.1 Å². The third-order valence-corrected chi connectivity index (χ3v) is 6.83. The average molecular weight is 407 g/mol. The molecular formula is C24H25NO5. The van der Waals surface area contributed by atoms with Crippen LogP contribution in [0.2, 0.25) is 0 Å². The first kappa shape index (κ1) is 19.1. The van der Waals surface area contributed by atoms with Gasteiger partial charge in [-0.05, 0) is 35.1 Å². The largest absolute Gasteiger partial charge is 0.481 e. The minimum absolute atomic E-state index is 0.0130. The molecule has 6 heteroatoms. The molecule has 1 amide bonds. The monoisotopic (exact) mass is 407 g/mol. The number of carboxylic acid groups (broad SMARTS) is 1. The molecule has 2 N–H and O–H groups in total. The lowest BCUT2D eigenvalue weighted by atomic mass is 9.71. The topological polar surface area (TPSA) is 84.9 Å². The van der Waals surface area contributed by atoms with Crippen molar-refractivity contribution in [3.05, 3.63) is 59.7 Å². The van der Waals surface area contributed by atoms with Gasteiger partial charge in [-0.2, -0.15) is 0 Å². The molecule has 6 nitrogen and oxygen atoms in total. The molecule has 1 saturated carbocycles. The molecular weight excluding hydrogens is 382 g/mol. The van der Waals surface area contributed by atoms with Crippen LogP contribution in [-0.4, -0.2) is 43.0 Å². The number of nitrogens with one attached hydrogen (secondary N) is 1. The van der Waals surface area contributed by atoms with Crippen molar-refractivity contribution in [2.75, 3.05) is 19.8 Å². The van der Waals surface area contributed by atoms with Crippen LogP contribution in [0, 0.1) is 17.8 Å². The second-order valence-electron chi connectivity index (χ2n) is 8.56. The van der Waals surface area contributed by atoms with Gasteiger partial charge in [0.15, 0.2) is 0 Å². The van der Waals surface area contributed by atoms with Crippen molar-refractivity contribution in [1.29, 1.82) is 0 Å². The van der Waals surface area contributed by atoms with E-state index in [1.165, 1.54) is 22.3 Å². The number of carbonyl (C=O) groups is 2. The Hall–Kier alpha value is -2.86. The number of fused-ring (bicyclic) bond motifs is 5. The molecule has 30 heavy (non-hydrogen) atoms. The highest BCUT2D eigenvalue weighted by Crippen LogP contribution is 2.44. The zero-order chi connectivity index (χ0) is 20.7. The highest BCUT2D eigenvalue weighted by atomic mass is 16.5. The van der Waals surface area contributed by atoms with E-state index >= 15 is 0 Å². The van der Waals surface area contributed by atoms with E-state index in [9.17, 15) is 14.7 Å². The lowest BCUT2D eigenvalue weighted by Gasteiger charge is -2.44. The maximum Gasteiger partial charge on any atom is 0.407 e. The Morgan fingerprint density at radius 2 is 1.53 bits per heavy atom. The summed E-state index contributed by atoms with van der Waals surface area (Å²) in [6, 6.07) is 16.4. The molecule has 5 rings (SSSR count). The Bertz CT molecular complexity index is 914. The van der Waals surface area contributed by atoms with Crippen LogP contribution in [0.15, 0.2) is 48.5 Å². The summed E-state index contributed by atoms with van der Waals surface area (Å²) in [4.78, 5) is 24.1. The molecule has 2 aromatic carbocycles. The molecule has 0 radical (unpaired) electrons. The van der Waals surface area contributed by atoms with E-state index in [1.807, 2.05) is 24.3 Å². The SMILES string of the molecule is O=C(NC1C2COCC1CC(C(=O)O)C2)OCC1c2ccccc2-c2ccccc21. The van der Waals surface area contributed by atoms with E-state index in [2.05, 4.69) is 29.6 Å². The van der Waals surface area contributed by atoms with Crippen molar-refractivity contribution in [2.24, 2.45) is 17.8 Å². The van der Waals surface area contributed by atoms with Gasteiger partial charge in [0, 0.05) is 23.8 Å². The highest BCUT2D eigenvalue weighted by molar-refractivity contribution is 5.79. The van der Waals surface area contributed by atoms with Crippen LogP contribution in [0.4, 0.5) is 4.79 Å².